The van der Waals surface area contributed by atoms with Crippen LogP contribution in [-0.2, 0) is 16.4 Å². The maximum Gasteiger partial charge on any atom is 0.323 e. The Bertz CT molecular complexity index is 1760. The lowest BCUT2D eigenvalue weighted by atomic mass is 9.89. The molecule has 0 bridgehead atoms. The van der Waals surface area contributed by atoms with Gasteiger partial charge in [0.25, 0.3) is 5.91 Å². The Morgan fingerprint density at radius 3 is 2.20 bits per heavy atom. The van der Waals surface area contributed by atoms with E-state index in [0.29, 0.717) is 28.9 Å². The van der Waals surface area contributed by atoms with Gasteiger partial charge in [0, 0.05) is 43.5 Å². The quantitative estimate of drug-likeness (QED) is 0.193. The van der Waals surface area contributed by atoms with Crippen molar-refractivity contribution in [3.63, 3.8) is 0 Å². The molecule has 1 aliphatic rings. The average Bonchev–Trinajstić information content (AvgIpc) is 3.03. The predicted octanol–water partition coefficient (Wildman–Crippen LogP) is 6.22. The first-order chi connectivity index (χ1) is 21.6. The normalized spacial score (nSPS) is 13.7. The van der Waals surface area contributed by atoms with Crippen molar-refractivity contribution in [1.82, 2.24) is 15.2 Å². The van der Waals surface area contributed by atoms with E-state index >= 15 is 0 Å². The summed E-state index contributed by atoms with van der Waals surface area (Å²) in [5, 5.41) is 7.77. The molecule has 0 radical (unpaired) electrons. The van der Waals surface area contributed by atoms with Gasteiger partial charge in [-0.05, 0) is 97.6 Å². The molecule has 3 amide bonds. The van der Waals surface area contributed by atoms with E-state index in [0.717, 1.165) is 44.1 Å². The van der Waals surface area contributed by atoms with Crippen LogP contribution in [-0.4, -0.2) is 56.6 Å². The smallest absolute Gasteiger partial charge is 0.323 e. The number of carbonyl (C=O) groups is 2. The molecule has 1 aromatic heterocycles. The Morgan fingerprint density at radius 1 is 0.935 bits per heavy atom. The van der Waals surface area contributed by atoms with Crippen LogP contribution in [0.3, 0.4) is 0 Å². The van der Waals surface area contributed by atoms with Gasteiger partial charge < -0.3 is 20.7 Å². The lowest BCUT2D eigenvalue weighted by Crippen LogP contribution is -2.32. The summed E-state index contributed by atoms with van der Waals surface area (Å²) in [5.74, 6) is 0.116. The third kappa shape index (κ3) is 9.03. The molecule has 0 unspecified atom stereocenters. The Morgan fingerprint density at radius 2 is 1.59 bits per heavy atom. The highest BCUT2D eigenvalue weighted by molar-refractivity contribution is 7.90. The van der Waals surface area contributed by atoms with Crippen molar-refractivity contribution in [2.75, 3.05) is 37.0 Å². The minimum absolute atomic E-state index is 0. The maximum absolute atomic E-state index is 13.9. The molecule has 1 fully saturated rings. The monoisotopic (exact) mass is 667 g/mol. The molecule has 2 heterocycles. The predicted molar refractivity (Wildman–Crippen MR) is 177 cm³/mol. The molecule has 4 aromatic rings. The summed E-state index contributed by atoms with van der Waals surface area (Å²) in [4.78, 5) is 31.3. The highest BCUT2D eigenvalue weighted by Gasteiger charge is 2.21. The van der Waals surface area contributed by atoms with Crippen molar-refractivity contribution >= 4 is 45.6 Å². The lowest BCUT2D eigenvalue weighted by Gasteiger charge is -2.32. The van der Waals surface area contributed by atoms with Crippen molar-refractivity contribution in [1.29, 1.82) is 0 Å². The molecule has 13 heteroatoms. The number of nitrogens with zero attached hydrogens (tertiary/aromatic N) is 2. The molecule has 3 N–H and O–H groups in total. The van der Waals surface area contributed by atoms with Crippen LogP contribution in [0.15, 0.2) is 90.0 Å². The van der Waals surface area contributed by atoms with Gasteiger partial charge in [0.15, 0.2) is 9.84 Å². The fourth-order valence-electron chi connectivity index (χ4n) is 5.17. The van der Waals surface area contributed by atoms with E-state index in [4.69, 9.17) is 4.74 Å². The summed E-state index contributed by atoms with van der Waals surface area (Å²) in [6.07, 6.45) is 4.97. The van der Waals surface area contributed by atoms with Gasteiger partial charge in [-0.25, -0.2) is 22.6 Å². The number of ether oxygens (including phenoxy) is 1. The third-order valence-electron chi connectivity index (χ3n) is 7.60. The minimum Gasteiger partial charge on any atom is -0.439 e. The average molecular weight is 668 g/mol. The number of aromatic nitrogens is 1. The van der Waals surface area contributed by atoms with Crippen LogP contribution < -0.4 is 20.7 Å². The highest BCUT2D eigenvalue weighted by Crippen LogP contribution is 2.30. The second kappa shape index (κ2) is 15.2. The van der Waals surface area contributed by atoms with Gasteiger partial charge in [-0.1, -0.05) is 18.2 Å². The number of benzene rings is 3. The van der Waals surface area contributed by atoms with E-state index in [2.05, 4.69) is 25.8 Å². The first kappa shape index (κ1) is 34.4. The number of hydrogen-bond acceptors (Lipinski definition) is 7. The topological polar surface area (TPSA) is 130 Å². The van der Waals surface area contributed by atoms with Crippen LogP contribution in [0.25, 0.3) is 0 Å². The number of nitrogens with one attached hydrogen (secondary N) is 3. The van der Waals surface area contributed by atoms with Crippen LogP contribution in [0.2, 0.25) is 0 Å². The summed E-state index contributed by atoms with van der Waals surface area (Å²) in [5.41, 5.74) is 3.06. The zero-order chi connectivity index (χ0) is 32.0. The standard InChI is InChI=1S/C33H34FN5O5S.ClH/c1-35-32(40)29-19-26(8-13-30(29)34)38-33(41)37-25-6-4-23(5-7-25)24-15-17-39(18-16-24)21-22-3-14-31(36-20-22)44-27-9-11-28(12-10-27)45(2,42)43;/h3-14,19-20,24H,15-18,21H2,1-2H3,(H,35,40)(H2,37,38,41);1H. The van der Waals surface area contributed by atoms with E-state index < -0.39 is 27.6 Å². The molecular weight excluding hydrogens is 633 g/mol. The molecular formula is C33H35ClFN5O5S. The largest absolute Gasteiger partial charge is 0.439 e. The van der Waals surface area contributed by atoms with Crippen molar-refractivity contribution < 1.29 is 27.1 Å². The Labute approximate surface area is 273 Å². The molecule has 1 aliphatic heterocycles. The Hall–Kier alpha value is -4.52. The molecule has 5 rings (SSSR count). The van der Waals surface area contributed by atoms with Crippen LogP contribution in [0, 0.1) is 5.82 Å². The molecule has 0 saturated carbocycles. The van der Waals surface area contributed by atoms with Gasteiger partial charge in [-0.2, -0.15) is 0 Å². The number of hydrogen-bond donors (Lipinski definition) is 3. The number of urea groups is 1. The summed E-state index contributed by atoms with van der Waals surface area (Å²) in [6, 6.07) is 21.1. The van der Waals surface area contributed by atoms with E-state index in [1.54, 1.807) is 18.3 Å². The number of carbonyl (C=O) groups excluding carboxylic acids is 2. The molecule has 0 atom stereocenters. The van der Waals surface area contributed by atoms with Crippen LogP contribution in [0.5, 0.6) is 11.6 Å². The fourth-order valence-corrected chi connectivity index (χ4v) is 5.80. The molecule has 0 spiro atoms. The fraction of sp³-hybridized carbons (Fsp3) is 0.242. The van der Waals surface area contributed by atoms with E-state index in [-0.39, 0.29) is 22.9 Å². The number of amides is 3. The van der Waals surface area contributed by atoms with Crippen molar-refractivity contribution in [2.45, 2.75) is 30.2 Å². The third-order valence-corrected chi connectivity index (χ3v) is 8.73. The zero-order valence-electron chi connectivity index (χ0n) is 25.3. The number of pyridine rings is 1. The Balaban J connectivity index is 0.00000480. The van der Waals surface area contributed by atoms with E-state index in [9.17, 15) is 22.4 Å². The summed E-state index contributed by atoms with van der Waals surface area (Å²) in [7, 11) is -1.85. The SMILES string of the molecule is CNC(=O)c1cc(NC(=O)Nc2ccc(C3CCN(Cc4ccc(Oc5ccc(S(C)(=O)=O)cc5)nc4)CC3)cc2)ccc1F.Cl. The van der Waals surface area contributed by atoms with Crippen molar-refractivity contribution in [3.05, 3.63) is 108 Å². The van der Waals surface area contributed by atoms with E-state index in [1.165, 1.54) is 43.1 Å². The lowest BCUT2D eigenvalue weighted by molar-refractivity contribution is 0.0959. The molecule has 3 aromatic carbocycles. The molecule has 242 valence electrons. The number of rotatable bonds is 9. The zero-order valence-corrected chi connectivity index (χ0v) is 27.0. The van der Waals surface area contributed by atoms with Crippen molar-refractivity contribution in [3.8, 4) is 11.6 Å². The van der Waals surface area contributed by atoms with Crippen LogP contribution in [0.4, 0.5) is 20.6 Å². The van der Waals surface area contributed by atoms with E-state index in [1.807, 2.05) is 36.4 Å². The number of halogens is 2. The number of piperidine rings is 1. The summed E-state index contributed by atoms with van der Waals surface area (Å²) >= 11 is 0. The second-order valence-corrected chi connectivity index (χ2v) is 12.9. The van der Waals surface area contributed by atoms with Gasteiger partial charge in [0.1, 0.15) is 11.6 Å². The molecule has 0 aliphatic carbocycles. The van der Waals surface area contributed by atoms with Gasteiger partial charge >= 0.3 is 6.03 Å². The first-order valence-corrected chi connectivity index (χ1v) is 16.3. The maximum atomic E-state index is 13.9. The second-order valence-electron chi connectivity index (χ2n) is 10.9. The molecule has 1 saturated heterocycles. The summed E-state index contributed by atoms with van der Waals surface area (Å²) < 4.78 is 42.9. The van der Waals surface area contributed by atoms with Crippen LogP contribution in [0.1, 0.15) is 40.2 Å². The minimum atomic E-state index is -3.26. The van der Waals surface area contributed by atoms with Gasteiger partial charge in [-0.15, -0.1) is 12.4 Å². The van der Waals surface area contributed by atoms with Gasteiger partial charge in [-0.3, -0.25) is 9.69 Å². The number of sulfone groups is 1. The van der Waals surface area contributed by atoms with Gasteiger partial charge in [0.05, 0.1) is 10.5 Å². The van der Waals surface area contributed by atoms with Crippen molar-refractivity contribution in [2.24, 2.45) is 0 Å². The molecule has 10 nitrogen and oxygen atoms in total. The number of likely N-dealkylation sites (tertiary alicyclic amines) is 1. The Kier molecular flexibility index (Phi) is 11.3. The summed E-state index contributed by atoms with van der Waals surface area (Å²) in [6.45, 7) is 2.65. The molecule has 46 heavy (non-hydrogen) atoms. The first-order valence-electron chi connectivity index (χ1n) is 14.4. The van der Waals surface area contributed by atoms with Crippen LogP contribution >= 0.6 is 12.4 Å². The van der Waals surface area contributed by atoms with Gasteiger partial charge in [0.2, 0.25) is 5.88 Å². The number of anilines is 2. The highest BCUT2D eigenvalue weighted by atomic mass is 35.5.